The van der Waals surface area contributed by atoms with Crippen LogP contribution in [-0.4, -0.2) is 109 Å². The standard InChI is InChI=1S/C44H76N8O8S/c1-9-29(6)37(52-40(55)33(23-46)21-27(2)3)43(58)48-24-32(18-20-61-8)39(54)51-36(17-13-14-19-45)42(57)49-26-35(28(4)5)41(56)50-30(7)38(53)47-25-34(44(59)60)22-31-15-11-10-12-16-31/h10-12,15-16,27-30,32-37H,9,13-14,17-26,45-46H2,1-8H3,(H,47,53)(H,48,58)(H,49,57)(H,50,56)(H,51,54)(H,52,55)(H,59,60)/t29-,30-,32-,33-,34-,35+,36-,37-/m0/s1. The van der Waals surface area contributed by atoms with Crippen molar-refractivity contribution >= 4 is 53.2 Å². The Labute approximate surface area is 367 Å². The Bertz CT molecular complexity index is 1520. The number of hydrogen-bond acceptors (Lipinski definition) is 10. The van der Waals surface area contributed by atoms with Crippen molar-refractivity contribution in [2.75, 3.05) is 44.7 Å². The quantitative estimate of drug-likeness (QED) is 0.0489. The van der Waals surface area contributed by atoms with Crippen molar-refractivity contribution in [2.45, 2.75) is 112 Å². The second-order valence-corrected chi connectivity index (χ2v) is 17.8. The van der Waals surface area contributed by atoms with E-state index in [1.807, 2.05) is 78.1 Å². The largest absolute Gasteiger partial charge is 0.481 e. The average Bonchev–Trinajstić information content (AvgIpc) is 3.22. The zero-order chi connectivity index (χ0) is 46.1. The van der Waals surface area contributed by atoms with Gasteiger partial charge < -0.3 is 48.5 Å². The van der Waals surface area contributed by atoms with Crippen molar-refractivity contribution < 1.29 is 38.7 Å². The van der Waals surface area contributed by atoms with Crippen LogP contribution in [-0.2, 0) is 40.0 Å². The number of carbonyl (C=O) groups is 7. The number of carbonyl (C=O) groups excluding carboxylic acids is 6. The smallest absolute Gasteiger partial charge is 0.308 e. The summed E-state index contributed by atoms with van der Waals surface area (Å²) in [6, 6.07) is 6.32. The van der Waals surface area contributed by atoms with Crippen LogP contribution in [0.2, 0.25) is 0 Å². The van der Waals surface area contributed by atoms with Gasteiger partial charge in [0.25, 0.3) is 0 Å². The molecule has 0 saturated carbocycles. The van der Waals surface area contributed by atoms with Crippen LogP contribution in [0.4, 0.5) is 0 Å². The molecular weight excluding hydrogens is 801 g/mol. The number of amides is 6. The van der Waals surface area contributed by atoms with Crippen LogP contribution >= 0.6 is 11.8 Å². The molecule has 1 aromatic carbocycles. The Morgan fingerprint density at radius 2 is 1.30 bits per heavy atom. The number of nitrogens with two attached hydrogens (primary N) is 2. The van der Waals surface area contributed by atoms with Crippen LogP contribution in [0.1, 0.15) is 92.6 Å². The fourth-order valence-electron chi connectivity index (χ4n) is 6.70. The van der Waals surface area contributed by atoms with Gasteiger partial charge >= 0.3 is 5.97 Å². The molecule has 346 valence electrons. The molecule has 0 heterocycles. The molecule has 0 saturated heterocycles. The molecule has 0 unspecified atom stereocenters. The van der Waals surface area contributed by atoms with Gasteiger partial charge in [-0.15, -0.1) is 0 Å². The first-order valence-corrected chi connectivity index (χ1v) is 23.2. The van der Waals surface area contributed by atoms with Crippen molar-refractivity contribution in [1.82, 2.24) is 31.9 Å². The summed E-state index contributed by atoms with van der Waals surface area (Å²) in [5.74, 6) is -5.95. The summed E-state index contributed by atoms with van der Waals surface area (Å²) in [7, 11) is 0. The molecule has 0 spiro atoms. The van der Waals surface area contributed by atoms with E-state index in [0.717, 1.165) is 5.56 Å². The van der Waals surface area contributed by atoms with Crippen molar-refractivity contribution in [3.05, 3.63) is 35.9 Å². The molecule has 61 heavy (non-hydrogen) atoms. The molecule has 1 rings (SSSR count). The zero-order valence-corrected chi connectivity index (χ0v) is 38.5. The number of carboxylic acid groups (broad SMARTS) is 1. The van der Waals surface area contributed by atoms with E-state index in [1.165, 1.54) is 6.92 Å². The first-order chi connectivity index (χ1) is 28.9. The Kier molecular flexibility index (Phi) is 26.9. The lowest BCUT2D eigenvalue weighted by atomic mass is 9.93. The van der Waals surface area contributed by atoms with E-state index in [9.17, 15) is 38.7 Å². The van der Waals surface area contributed by atoms with Crippen LogP contribution < -0.4 is 43.4 Å². The number of rotatable bonds is 31. The van der Waals surface area contributed by atoms with Crippen molar-refractivity contribution in [3.63, 3.8) is 0 Å². The molecule has 17 heteroatoms. The topological polar surface area (TPSA) is 264 Å². The molecule has 0 aliphatic carbocycles. The van der Waals surface area contributed by atoms with E-state index in [0.29, 0.717) is 44.4 Å². The third kappa shape index (κ3) is 20.9. The predicted molar refractivity (Wildman–Crippen MR) is 241 cm³/mol. The summed E-state index contributed by atoms with van der Waals surface area (Å²) in [6.45, 7) is 13.3. The third-order valence-corrected chi connectivity index (χ3v) is 11.6. The predicted octanol–water partition coefficient (Wildman–Crippen LogP) is 2.19. The number of carboxylic acids is 1. The summed E-state index contributed by atoms with van der Waals surface area (Å²) in [5, 5.41) is 26.6. The fourth-order valence-corrected chi connectivity index (χ4v) is 7.22. The summed E-state index contributed by atoms with van der Waals surface area (Å²) in [6.07, 6.45) is 5.22. The summed E-state index contributed by atoms with van der Waals surface area (Å²) < 4.78 is 0. The summed E-state index contributed by atoms with van der Waals surface area (Å²) >= 11 is 1.54. The molecule has 0 radical (unpaired) electrons. The highest BCUT2D eigenvalue weighted by Crippen LogP contribution is 2.16. The first kappa shape index (κ1) is 54.8. The Hall–Kier alpha value is -4.22. The van der Waals surface area contributed by atoms with E-state index < -0.39 is 77.3 Å². The van der Waals surface area contributed by atoms with Gasteiger partial charge in [-0.1, -0.05) is 78.3 Å². The van der Waals surface area contributed by atoms with E-state index in [4.69, 9.17) is 11.5 Å². The van der Waals surface area contributed by atoms with Crippen molar-refractivity contribution in [3.8, 4) is 0 Å². The summed E-state index contributed by atoms with van der Waals surface area (Å²) in [4.78, 5) is 92.6. The van der Waals surface area contributed by atoms with Crippen LogP contribution in [0.25, 0.3) is 0 Å². The SMILES string of the molecule is CC[C@H](C)[C@H](NC(=O)[C@H](CN)CC(C)C)C(=O)NC[C@H](CCSC)C(=O)N[C@@H](CCCCN)C(=O)NC[C@@H](C(=O)N[C@@H](C)C(=O)NC[C@H](Cc1ccccc1)C(=O)O)C(C)C. The van der Waals surface area contributed by atoms with Gasteiger partial charge in [0.05, 0.1) is 23.7 Å². The molecule has 0 bridgehead atoms. The van der Waals surface area contributed by atoms with E-state index in [2.05, 4.69) is 31.9 Å². The lowest BCUT2D eigenvalue weighted by Gasteiger charge is -2.28. The van der Waals surface area contributed by atoms with Gasteiger partial charge in [-0.25, -0.2) is 0 Å². The lowest BCUT2D eigenvalue weighted by Crippen LogP contribution is -2.55. The normalized spacial score (nSPS) is 15.3. The van der Waals surface area contributed by atoms with Crippen molar-refractivity contribution in [1.29, 1.82) is 0 Å². The van der Waals surface area contributed by atoms with Crippen LogP contribution in [0.15, 0.2) is 30.3 Å². The highest BCUT2D eigenvalue weighted by Gasteiger charge is 2.32. The van der Waals surface area contributed by atoms with Gasteiger partial charge in [-0.05, 0) is 87.3 Å². The van der Waals surface area contributed by atoms with E-state index >= 15 is 0 Å². The maximum Gasteiger partial charge on any atom is 0.308 e. The van der Waals surface area contributed by atoms with Gasteiger partial charge in [0.1, 0.15) is 18.1 Å². The molecule has 1 aromatic rings. The lowest BCUT2D eigenvalue weighted by molar-refractivity contribution is -0.142. The number of aliphatic carboxylic acids is 1. The average molecular weight is 877 g/mol. The third-order valence-electron chi connectivity index (χ3n) is 10.9. The van der Waals surface area contributed by atoms with Crippen LogP contribution in [0.5, 0.6) is 0 Å². The molecule has 6 amide bonds. The second-order valence-electron chi connectivity index (χ2n) is 16.8. The van der Waals surface area contributed by atoms with Gasteiger partial charge in [-0.2, -0.15) is 11.8 Å². The minimum absolute atomic E-state index is 0.0111. The molecule has 0 fully saturated rings. The highest BCUT2D eigenvalue weighted by molar-refractivity contribution is 7.98. The fraction of sp³-hybridized carbons (Fsp3) is 0.705. The molecular formula is C44H76N8O8S. The second kappa shape index (κ2) is 29.9. The molecule has 0 aliphatic heterocycles. The van der Waals surface area contributed by atoms with Crippen LogP contribution in [0, 0.1) is 41.4 Å². The van der Waals surface area contributed by atoms with E-state index in [-0.39, 0.29) is 62.7 Å². The highest BCUT2D eigenvalue weighted by atomic mass is 32.2. The van der Waals surface area contributed by atoms with E-state index in [1.54, 1.807) is 11.8 Å². The molecule has 8 atom stereocenters. The van der Waals surface area contributed by atoms with Gasteiger partial charge in [0, 0.05) is 26.2 Å². The molecule has 0 aromatic heterocycles. The number of benzene rings is 1. The monoisotopic (exact) mass is 877 g/mol. The van der Waals surface area contributed by atoms with Crippen molar-refractivity contribution in [2.24, 2.45) is 52.9 Å². The maximum atomic E-state index is 13.8. The maximum absolute atomic E-state index is 13.8. The van der Waals surface area contributed by atoms with Crippen LogP contribution in [0.3, 0.4) is 0 Å². The Balaban J connectivity index is 3.02. The molecule has 11 N–H and O–H groups in total. The zero-order valence-electron chi connectivity index (χ0n) is 37.7. The first-order valence-electron chi connectivity index (χ1n) is 21.8. The summed E-state index contributed by atoms with van der Waals surface area (Å²) in [5.41, 5.74) is 12.5. The molecule has 0 aliphatic rings. The number of hydrogen-bond donors (Lipinski definition) is 9. The van der Waals surface area contributed by atoms with Gasteiger partial charge in [0.2, 0.25) is 35.4 Å². The number of nitrogens with one attached hydrogen (secondary N) is 6. The molecule has 16 nitrogen and oxygen atoms in total. The number of thioether (sulfide) groups is 1. The Morgan fingerprint density at radius 3 is 1.85 bits per heavy atom. The Morgan fingerprint density at radius 1 is 0.689 bits per heavy atom. The van der Waals surface area contributed by atoms with Gasteiger partial charge in [-0.3, -0.25) is 33.6 Å². The van der Waals surface area contributed by atoms with Gasteiger partial charge in [0.15, 0.2) is 0 Å². The minimum atomic E-state index is -1.05. The number of unbranched alkanes of at least 4 members (excludes halogenated alkanes) is 1. The minimum Gasteiger partial charge on any atom is -0.481 e.